The number of aryl methyl sites for hydroxylation is 1. The predicted molar refractivity (Wildman–Crippen MR) is 67.6 cm³/mol. The van der Waals surface area contributed by atoms with Gasteiger partial charge in [-0.25, -0.2) is 4.98 Å². The Labute approximate surface area is 98.7 Å². The van der Waals surface area contributed by atoms with Crippen LogP contribution in [0.1, 0.15) is 19.2 Å². The van der Waals surface area contributed by atoms with Crippen molar-refractivity contribution in [3.63, 3.8) is 0 Å². The molecule has 1 heterocycles. The van der Waals surface area contributed by atoms with Crippen molar-refractivity contribution in [1.82, 2.24) is 19.8 Å². The van der Waals surface area contributed by atoms with E-state index < -0.39 is 0 Å². The van der Waals surface area contributed by atoms with Crippen molar-refractivity contribution in [3.05, 3.63) is 18.2 Å². The van der Waals surface area contributed by atoms with Crippen molar-refractivity contribution in [1.29, 1.82) is 0 Å². The van der Waals surface area contributed by atoms with Crippen molar-refractivity contribution in [2.45, 2.75) is 26.8 Å². The van der Waals surface area contributed by atoms with Crippen LogP contribution in [0, 0.1) is 6.92 Å². The molecule has 92 valence electrons. The molecule has 0 atom stereocenters. The Morgan fingerprint density at radius 3 is 2.75 bits per heavy atom. The van der Waals surface area contributed by atoms with E-state index in [1.165, 1.54) is 13.0 Å². The molecule has 1 N–H and O–H groups in total. The van der Waals surface area contributed by atoms with Crippen LogP contribution in [-0.4, -0.2) is 47.7 Å². The second-order valence-electron chi connectivity index (χ2n) is 4.11. The van der Waals surface area contributed by atoms with Gasteiger partial charge in [0, 0.05) is 38.6 Å². The molecule has 0 unspecified atom stereocenters. The first-order valence-corrected chi connectivity index (χ1v) is 6.12. The zero-order valence-electron chi connectivity index (χ0n) is 10.7. The second kappa shape index (κ2) is 7.41. The number of rotatable bonds is 8. The van der Waals surface area contributed by atoms with Gasteiger partial charge in [-0.2, -0.15) is 0 Å². The Hall–Kier alpha value is -0.870. The van der Waals surface area contributed by atoms with Gasteiger partial charge in [-0.15, -0.1) is 0 Å². The van der Waals surface area contributed by atoms with E-state index in [0.29, 0.717) is 0 Å². The van der Waals surface area contributed by atoms with Crippen LogP contribution in [0.4, 0.5) is 0 Å². The summed E-state index contributed by atoms with van der Waals surface area (Å²) in [6, 6.07) is 0. The van der Waals surface area contributed by atoms with Gasteiger partial charge in [-0.1, -0.05) is 6.92 Å². The summed E-state index contributed by atoms with van der Waals surface area (Å²) in [7, 11) is 2.00. The fourth-order valence-corrected chi connectivity index (χ4v) is 1.81. The van der Waals surface area contributed by atoms with Gasteiger partial charge in [-0.05, 0) is 26.9 Å². The zero-order valence-corrected chi connectivity index (χ0v) is 10.7. The fourth-order valence-electron chi connectivity index (χ4n) is 1.81. The Kier molecular flexibility index (Phi) is 6.11. The molecule has 0 radical (unpaired) electrons. The molecule has 0 bridgehead atoms. The van der Waals surface area contributed by atoms with Crippen molar-refractivity contribution in [2.24, 2.45) is 0 Å². The third-order valence-corrected chi connectivity index (χ3v) is 2.80. The van der Waals surface area contributed by atoms with E-state index in [2.05, 4.69) is 39.8 Å². The van der Waals surface area contributed by atoms with E-state index in [0.717, 1.165) is 32.0 Å². The van der Waals surface area contributed by atoms with Gasteiger partial charge in [0.2, 0.25) is 0 Å². The molecule has 0 amide bonds. The highest BCUT2D eigenvalue weighted by atomic mass is 15.2. The molecule has 4 nitrogen and oxygen atoms in total. The van der Waals surface area contributed by atoms with Gasteiger partial charge in [0.15, 0.2) is 0 Å². The average molecular weight is 224 g/mol. The first kappa shape index (κ1) is 13.2. The SMILES string of the molecule is CCCN(CCNC)CCn1ccnc1C. The average Bonchev–Trinajstić information content (AvgIpc) is 2.68. The third kappa shape index (κ3) is 4.33. The first-order valence-electron chi connectivity index (χ1n) is 6.12. The molecular formula is C12H24N4. The maximum Gasteiger partial charge on any atom is 0.105 e. The normalized spacial score (nSPS) is 11.2. The highest BCUT2D eigenvalue weighted by Crippen LogP contribution is 1.97. The van der Waals surface area contributed by atoms with Crippen molar-refractivity contribution < 1.29 is 0 Å². The van der Waals surface area contributed by atoms with E-state index in [1.807, 2.05) is 13.2 Å². The smallest absolute Gasteiger partial charge is 0.105 e. The monoisotopic (exact) mass is 224 g/mol. The number of hydrogen-bond acceptors (Lipinski definition) is 3. The second-order valence-corrected chi connectivity index (χ2v) is 4.11. The summed E-state index contributed by atoms with van der Waals surface area (Å²) in [6.45, 7) is 9.78. The number of nitrogens with one attached hydrogen (secondary N) is 1. The van der Waals surface area contributed by atoms with Crippen LogP contribution in [0.25, 0.3) is 0 Å². The molecular weight excluding hydrogens is 200 g/mol. The topological polar surface area (TPSA) is 33.1 Å². The van der Waals surface area contributed by atoms with Crippen LogP contribution >= 0.6 is 0 Å². The lowest BCUT2D eigenvalue weighted by Crippen LogP contribution is -2.34. The number of hydrogen-bond donors (Lipinski definition) is 1. The zero-order chi connectivity index (χ0) is 11.8. The molecule has 0 aliphatic rings. The molecule has 0 fully saturated rings. The maximum absolute atomic E-state index is 4.23. The van der Waals surface area contributed by atoms with Gasteiger partial charge in [0.25, 0.3) is 0 Å². The molecule has 0 aromatic carbocycles. The lowest BCUT2D eigenvalue weighted by atomic mass is 10.4. The summed E-state index contributed by atoms with van der Waals surface area (Å²) >= 11 is 0. The largest absolute Gasteiger partial charge is 0.334 e. The summed E-state index contributed by atoms with van der Waals surface area (Å²) < 4.78 is 2.21. The summed E-state index contributed by atoms with van der Waals surface area (Å²) in [6.07, 6.45) is 5.14. The molecule has 0 aliphatic heterocycles. The lowest BCUT2D eigenvalue weighted by Gasteiger charge is -2.21. The van der Waals surface area contributed by atoms with Crippen LogP contribution < -0.4 is 5.32 Å². The lowest BCUT2D eigenvalue weighted by molar-refractivity contribution is 0.264. The number of aromatic nitrogens is 2. The van der Waals surface area contributed by atoms with Crippen molar-refractivity contribution >= 4 is 0 Å². The number of nitrogens with zero attached hydrogens (tertiary/aromatic N) is 3. The van der Waals surface area contributed by atoms with Crippen molar-refractivity contribution in [3.8, 4) is 0 Å². The van der Waals surface area contributed by atoms with Gasteiger partial charge in [0.05, 0.1) is 0 Å². The van der Waals surface area contributed by atoms with Crippen LogP contribution in [0.15, 0.2) is 12.4 Å². The molecule has 1 aromatic heterocycles. The van der Waals surface area contributed by atoms with E-state index in [4.69, 9.17) is 0 Å². The minimum Gasteiger partial charge on any atom is -0.334 e. The molecule has 0 saturated heterocycles. The summed E-state index contributed by atoms with van der Waals surface area (Å²) in [5, 5.41) is 3.20. The standard InChI is InChI=1S/C12H24N4/c1-4-7-15(8-5-13-3)10-11-16-9-6-14-12(16)2/h6,9,13H,4-5,7-8,10-11H2,1-3H3. The van der Waals surface area contributed by atoms with Crippen LogP contribution in [0.3, 0.4) is 0 Å². The van der Waals surface area contributed by atoms with Crippen molar-refractivity contribution in [2.75, 3.05) is 33.2 Å². The maximum atomic E-state index is 4.23. The van der Waals surface area contributed by atoms with Gasteiger partial charge in [0.1, 0.15) is 5.82 Å². The molecule has 0 aliphatic carbocycles. The molecule has 1 rings (SSSR count). The van der Waals surface area contributed by atoms with E-state index >= 15 is 0 Å². The Bertz CT molecular complexity index is 282. The first-order chi connectivity index (χ1) is 7.77. The fraction of sp³-hybridized carbons (Fsp3) is 0.750. The summed E-state index contributed by atoms with van der Waals surface area (Å²) in [5.74, 6) is 1.10. The number of likely N-dealkylation sites (N-methyl/N-ethyl adjacent to an activating group) is 1. The molecule has 1 aromatic rings. The van der Waals surface area contributed by atoms with Crippen LogP contribution in [0.5, 0.6) is 0 Å². The Balaban J connectivity index is 2.34. The Morgan fingerprint density at radius 1 is 1.38 bits per heavy atom. The molecule has 16 heavy (non-hydrogen) atoms. The molecule has 0 spiro atoms. The quantitative estimate of drug-likeness (QED) is 0.718. The van der Waals surface area contributed by atoms with E-state index in [1.54, 1.807) is 0 Å². The Morgan fingerprint density at radius 2 is 2.19 bits per heavy atom. The van der Waals surface area contributed by atoms with Gasteiger partial charge in [-0.3, -0.25) is 0 Å². The predicted octanol–water partition coefficient (Wildman–Crippen LogP) is 1.12. The minimum atomic E-state index is 1.04. The summed E-state index contributed by atoms with van der Waals surface area (Å²) in [5.41, 5.74) is 0. The van der Waals surface area contributed by atoms with Gasteiger partial charge < -0.3 is 14.8 Å². The highest BCUT2D eigenvalue weighted by Gasteiger charge is 2.04. The summed E-state index contributed by atoms with van der Waals surface area (Å²) in [4.78, 5) is 6.73. The van der Waals surface area contributed by atoms with Crippen LogP contribution in [0.2, 0.25) is 0 Å². The number of imidazole rings is 1. The van der Waals surface area contributed by atoms with Crippen LogP contribution in [-0.2, 0) is 6.54 Å². The van der Waals surface area contributed by atoms with E-state index in [9.17, 15) is 0 Å². The minimum absolute atomic E-state index is 1.04. The third-order valence-electron chi connectivity index (χ3n) is 2.80. The highest BCUT2D eigenvalue weighted by molar-refractivity contribution is 4.88. The molecule has 4 heteroatoms. The van der Waals surface area contributed by atoms with E-state index in [-0.39, 0.29) is 0 Å². The molecule has 0 saturated carbocycles. The van der Waals surface area contributed by atoms with Gasteiger partial charge >= 0.3 is 0 Å².